The van der Waals surface area contributed by atoms with Crippen LogP contribution >= 0.6 is 0 Å². The van der Waals surface area contributed by atoms with Crippen LogP contribution in [0.15, 0.2) is 6.08 Å². The van der Waals surface area contributed by atoms with Gasteiger partial charge in [-0.25, -0.2) is 13.6 Å². The Morgan fingerprint density at radius 3 is 2.17 bits per heavy atom. The van der Waals surface area contributed by atoms with Crippen molar-refractivity contribution in [3.05, 3.63) is 6.08 Å². The topological polar surface area (TPSA) is 17.1 Å². The maximum absolute atomic E-state index is 10.7. The Morgan fingerprint density at radius 2 is 2.17 bits per heavy atom. The molecule has 0 atom stereocenters. The minimum absolute atomic E-state index is 0.153. The van der Waals surface area contributed by atoms with Gasteiger partial charge in [0.05, 0.1) is 6.08 Å². The maximum atomic E-state index is 10.7. The van der Waals surface area contributed by atoms with E-state index >= 15 is 0 Å². The van der Waals surface area contributed by atoms with Gasteiger partial charge in [-0.15, -0.1) is 0 Å². The third-order valence-corrected chi connectivity index (χ3v) is 0.194. The first-order chi connectivity index (χ1) is 2.77. The number of rotatable bonds is 1. The molecule has 0 aliphatic rings. The molecule has 1 nitrogen and oxygen atoms in total. The second-order valence-corrected chi connectivity index (χ2v) is 0.619. The monoisotopic (exact) mass is 92.0 g/mol. The lowest BCUT2D eigenvalue weighted by Crippen LogP contribution is -1.78. The van der Waals surface area contributed by atoms with E-state index in [2.05, 4.69) is 0 Å². The first kappa shape index (κ1) is 5.31. The van der Waals surface area contributed by atoms with Crippen molar-refractivity contribution in [2.45, 2.75) is 6.43 Å². The van der Waals surface area contributed by atoms with Crippen LogP contribution in [0.4, 0.5) is 8.78 Å². The summed E-state index contributed by atoms with van der Waals surface area (Å²) in [5, 5.41) is 0. The summed E-state index contributed by atoms with van der Waals surface area (Å²) in [5.41, 5.74) is 0. The van der Waals surface area contributed by atoms with E-state index in [0.29, 0.717) is 0 Å². The van der Waals surface area contributed by atoms with Crippen LogP contribution in [0.5, 0.6) is 0 Å². The molecule has 6 heavy (non-hydrogen) atoms. The van der Waals surface area contributed by atoms with E-state index in [4.69, 9.17) is 4.79 Å². The highest BCUT2D eigenvalue weighted by Gasteiger charge is 1.89. The van der Waals surface area contributed by atoms with Crippen LogP contribution < -0.4 is 0 Å². The molecule has 3 heteroatoms. The zero-order valence-electron chi connectivity index (χ0n) is 2.82. The third kappa shape index (κ3) is 3.31. The molecule has 0 radical (unpaired) electrons. The number of hydrogen-bond donors (Lipinski definition) is 0. The van der Waals surface area contributed by atoms with Crippen molar-refractivity contribution < 1.29 is 13.6 Å². The predicted octanol–water partition coefficient (Wildman–Crippen LogP) is 0.639. The first-order valence-corrected chi connectivity index (χ1v) is 1.26. The fourth-order valence-corrected chi connectivity index (χ4v) is 0.0514. The molecule has 0 aromatic carbocycles. The lowest BCUT2D eigenvalue weighted by atomic mass is 10.7. The molecular weight excluding hydrogens is 90.0 g/mol. The smallest absolute Gasteiger partial charge is 0.234 e. The standard InChI is InChI=1S/C3H2F2O/c4-3(5)1-2-6/h1,3H. The van der Waals surface area contributed by atoms with Gasteiger partial charge in [0.2, 0.25) is 0 Å². The van der Waals surface area contributed by atoms with E-state index in [1.165, 1.54) is 0 Å². The Bertz CT molecular complexity index is 72.9. The molecule has 0 fully saturated rings. The van der Waals surface area contributed by atoms with E-state index in [1.54, 1.807) is 0 Å². The fourth-order valence-electron chi connectivity index (χ4n) is 0.0514. The summed E-state index contributed by atoms with van der Waals surface area (Å²) in [4.78, 5) is 8.95. The third-order valence-electron chi connectivity index (χ3n) is 0.194. The quantitative estimate of drug-likeness (QED) is 0.434. The van der Waals surface area contributed by atoms with Gasteiger partial charge in [-0.1, -0.05) is 0 Å². The molecule has 0 aliphatic heterocycles. The Labute approximate surface area is 33.3 Å². The summed E-state index contributed by atoms with van der Waals surface area (Å²) in [6.07, 6.45) is -2.50. The van der Waals surface area contributed by atoms with E-state index < -0.39 is 6.43 Å². The lowest BCUT2D eigenvalue weighted by Gasteiger charge is -1.73. The van der Waals surface area contributed by atoms with Gasteiger partial charge in [0.1, 0.15) is 5.94 Å². The predicted molar refractivity (Wildman–Crippen MR) is 16.3 cm³/mol. The Balaban J connectivity index is 3.29. The highest BCUT2D eigenvalue weighted by Crippen LogP contribution is 1.87. The van der Waals surface area contributed by atoms with Gasteiger partial charge in [-0.05, 0) is 0 Å². The zero-order chi connectivity index (χ0) is 4.99. The fraction of sp³-hybridized carbons (Fsp3) is 0.333. The van der Waals surface area contributed by atoms with Crippen molar-refractivity contribution in [1.82, 2.24) is 0 Å². The molecule has 0 amide bonds. The number of carbonyl (C=O) groups excluding carboxylic acids is 1. The summed E-state index contributed by atoms with van der Waals surface area (Å²) >= 11 is 0. The molecule has 34 valence electrons. The van der Waals surface area contributed by atoms with E-state index in [1.807, 2.05) is 0 Å². The molecule has 0 saturated heterocycles. The lowest BCUT2D eigenvalue weighted by molar-refractivity contribution is 0.205. The van der Waals surface area contributed by atoms with Crippen LogP contribution in [0.25, 0.3) is 0 Å². The van der Waals surface area contributed by atoms with Crippen LogP contribution in [0.1, 0.15) is 0 Å². The van der Waals surface area contributed by atoms with Crippen molar-refractivity contribution in [3.63, 3.8) is 0 Å². The molecule has 0 aromatic rings. The number of alkyl halides is 2. The number of hydrogen-bond acceptors (Lipinski definition) is 1. The summed E-state index contributed by atoms with van der Waals surface area (Å²) in [6, 6.07) is 0. The van der Waals surface area contributed by atoms with Crippen molar-refractivity contribution in [2.24, 2.45) is 0 Å². The second-order valence-electron chi connectivity index (χ2n) is 0.619. The molecule has 0 aromatic heterocycles. The average Bonchev–Trinajstić information content (AvgIpc) is 1.35. The average molecular weight is 92.0 g/mol. The van der Waals surface area contributed by atoms with Crippen molar-refractivity contribution in [1.29, 1.82) is 0 Å². The molecule has 0 unspecified atom stereocenters. The van der Waals surface area contributed by atoms with Gasteiger partial charge < -0.3 is 0 Å². The van der Waals surface area contributed by atoms with Crippen molar-refractivity contribution >= 4 is 5.94 Å². The highest BCUT2D eigenvalue weighted by molar-refractivity contribution is 5.45. The summed E-state index contributed by atoms with van der Waals surface area (Å²) in [6.45, 7) is 0. The Morgan fingerprint density at radius 1 is 1.67 bits per heavy atom. The van der Waals surface area contributed by atoms with Crippen LogP contribution in [0.3, 0.4) is 0 Å². The first-order valence-electron chi connectivity index (χ1n) is 1.26. The van der Waals surface area contributed by atoms with Crippen molar-refractivity contribution in [3.8, 4) is 0 Å². The zero-order valence-corrected chi connectivity index (χ0v) is 2.82. The van der Waals surface area contributed by atoms with Gasteiger partial charge in [0.25, 0.3) is 6.43 Å². The number of allylic oxidation sites excluding steroid dienone is 1. The van der Waals surface area contributed by atoms with Crippen LogP contribution in [0.2, 0.25) is 0 Å². The molecule has 0 aliphatic carbocycles. The van der Waals surface area contributed by atoms with Crippen LogP contribution in [-0.2, 0) is 4.79 Å². The van der Waals surface area contributed by atoms with E-state index in [-0.39, 0.29) is 6.08 Å². The molecule has 0 bridgehead atoms. The molecule has 0 rings (SSSR count). The van der Waals surface area contributed by atoms with Gasteiger partial charge in [-0.2, -0.15) is 0 Å². The van der Waals surface area contributed by atoms with Gasteiger partial charge >= 0.3 is 0 Å². The summed E-state index contributed by atoms with van der Waals surface area (Å²) in [7, 11) is 0. The SMILES string of the molecule is O=C=CC(F)F. The number of halogens is 2. The second kappa shape index (κ2) is 2.54. The maximum Gasteiger partial charge on any atom is 0.267 e. The van der Waals surface area contributed by atoms with E-state index in [0.717, 1.165) is 5.94 Å². The molecular formula is C3H2F2O. The largest absolute Gasteiger partial charge is 0.267 e. The van der Waals surface area contributed by atoms with Crippen LogP contribution in [-0.4, -0.2) is 12.4 Å². The van der Waals surface area contributed by atoms with Gasteiger partial charge in [-0.3, -0.25) is 0 Å². The minimum atomic E-state index is -2.65. The minimum Gasteiger partial charge on any atom is -0.234 e. The Hall–Kier alpha value is -0.690. The van der Waals surface area contributed by atoms with Gasteiger partial charge in [0, 0.05) is 0 Å². The Kier molecular flexibility index (Phi) is 2.25. The molecule has 0 heterocycles. The van der Waals surface area contributed by atoms with Crippen molar-refractivity contribution in [2.75, 3.05) is 0 Å². The summed E-state index contributed by atoms with van der Waals surface area (Å²) < 4.78 is 21.4. The normalized spacial score (nSPS) is 7.83. The molecule has 0 N–H and O–H groups in total. The van der Waals surface area contributed by atoms with Crippen LogP contribution in [0, 0.1) is 0 Å². The molecule has 0 saturated carbocycles. The van der Waals surface area contributed by atoms with Gasteiger partial charge in [0.15, 0.2) is 0 Å². The summed E-state index contributed by atoms with van der Waals surface area (Å²) in [5.74, 6) is 0.942. The van der Waals surface area contributed by atoms with E-state index in [9.17, 15) is 8.78 Å². The highest BCUT2D eigenvalue weighted by atomic mass is 19.3. The molecule has 0 spiro atoms.